The Morgan fingerprint density at radius 2 is 1.83 bits per heavy atom. The molecule has 0 aliphatic carbocycles. The Morgan fingerprint density at radius 1 is 1.17 bits per heavy atom. The molecule has 0 aromatic heterocycles. The predicted molar refractivity (Wildman–Crippen MR) is 90.7 cm³/mol. The van der Waals surface area contributed by atoms with Crippen LogP contribution in [-0.4, -0.2) is 43.3 Å². The average Bonchev–Trinajstić information content (AvgIpc) is 2.60. The molecule has 3 rings (SSSR count). The summed E-state index contributed by atoms with van der Waals surface area (Å²) in [7, 11) is 3.23. The van der Waals surface area contributed by atoms with Gasteiger partial charge in [-0.05, 0) is 28.8 Å². The smallest absolute Gasteiger partial charge is 0.317 e. The molecule has 24 heavy (non-hydrogen) atoms. The highest BCUT2D eigenvalue weighted by atomic mass is 16.5. The van der Waals surface area contributed by atoms with Crippen molar-refractivity contribution in [1.29, 1.82) is 0 Å². The molecular formula is C19H21NO4. The van der Waals surface area contributed by atoms with Crippen molar-refractivity contribution >= 4 is 5.97 Å². The summed E-state index contributed by atoms with van der Waals surface area (Å²) in [5.41, 5.74) is 3.41. The second-order valence-electron chi connectivity index (χ2n) is 5.93. The van der Waals surface area contributed by atoms with Crippen LogP contribution in [0.3, 0.4) is 0 Å². The molecule has 0 bridgehead atoms. The number of hydrogen-bond acceptors (Lipinski definition) is 4. The van der Waals surface area contributed by atoms with E-state index in [1.165, 1.54) is 11.1 Å². The van der Waals surface area contributed by atoms with Crippen LogP contribution in [0.4, 0.5) is 0 Å². The molecule has 1 heterocycles. The Labute approximate surface area is 141 Å². The summed E-state index contributed by atoms with van der Waals surface area (Å²) in [6.07, 6.45) is 0. The number of carboxylic acids is 1. The summed E-state index contributed by atoms with van der Waals surface area (Å²) in [4.78, 5) is 13.1. The van der Waals surface area contributed by atoms with E-state index < -0.39 is 5.97 Å². The third kappa shape index (κ3) is 3.21. The maximum atomic E-state index is 11.2. The molecule has 0 spiro atoms. The standard InChI is InChI=1S/C19H21NO4/c1-23-17-8-14-10-20(12-19(21)22)11-16(13-6-4-3-5-7-13)15(14)9-18(17)24-2/h3-9,16H,10-12H2,1-2H3,(H,21,22). The third-order valence-corrected chi connectivity index (χ3v) is 4.42. The van der Waals surface area contributed by atoms with E-state index in [4.69, 9.17) is 14.6 Å². The second-order valence-corrected chi connectivity index (χ2v) is 5.93. The van der Waals surface area contributed by atoms with Gasteiger partial charge in [0.15, 0.2) is 11.5 Å². The fourth-order valence-corrected chi connectivity index (χ4v) is 3.34. The van der Waals surface area contributed by atoms with E-state index in [1.807, 2.05) is 35.2 Å². The van der Waals surface area contributed by atoms with Crippen LogP contribution >= 0.6 is 0 Å². The molecule has 0 saturated carbocycles. The largest absolute Gasteiger partial charge is 0.493 e. The van der Waals surface area contributed by atoms with E-state index >= 15 is 0 Å². The minimum Gasteiger partial charge on any atom is -0.493 e. The second kappa shape index (κ2) is 6.93. The summed E-state index contributed by atoms with van der Waals surface area (Å²) < 4.78 is 10.8. The van der Waals surface area contributed by atoms with Crippen LogP contribution in [0.25, 0.3) is 0 Å². The first-order valence-corrected chi connectivity index (χ1v) is 7.86. The molecule has 2 aromatic rings. The lowest BCUT2D eigenvalue weighted by Gasteiger charge is -2.34. The summed E-state index contributed by atoms with van der Waals surface area (Å²) in [5.74, 6) is 0.656. The SMILES string of the molecule is COc1cc2c(cc1OC)C(c1ccccc1)CN(CC(=O)O)C2. The molecule has 0 amide bonds. The van der Waals surface area contributed by atoms with Crippen molar-refractivity contribution in [2.24, 2.45) is 0 Å². The minimum absolute atomic E-state index is 0.0249. The van der Waals surface area contributed by atoms with Gasteiger partial charge in [0.25, 0.3) is 0 Å². The minimum atomic E-state index is -0.814. The van der Waals surface area contributed by atoms with Crippen LogP contribution in [-0.2, 0) is 11.3 Å². The van der Waals surface area contributed by atoms with Crippen molar-refractivity contribution in [2.75, 3.05) is 27.3 Å². The lowest BCUT2D eigenvalue weighted by molar-refractivity contribution is -0.138. The number of methoxy groups -OCH3 is 2. The molecule has 2 aromatic carbocycles. The maximum absolute atomic E-state index is 11.2. The Kier molecular flexibility index (Phi) is 4.71. The Morgan fingerprint density at radius 3 is 2.46 bits per heavy atom. The molecule has 1 unspecified atom stereocenters. The van der Waals surface area contributed by atoms with Gasteiger partial charge < -0.3 is 14.6 Å². The number of benzene rings is 2. The predicted octanol–water partition coefficient (Wildman–Crippen LogP) is 2.74. The number of aliphatic carboxylic acids is 1. The van der Waals surface area contributed by atoms with Crippen LogP contribution in [0, 0.1) is 0 Å². The van der Waals surface area contributed by atoms with Crippen molar-refractivity contribution in [2.45, 2.75) is 12.5 Å². The highest BCUT2D eigenvalue weighted by molar-refractivity contribution is 5.69. The first-order valence-electron chi connectivity index (χ1n) is 7.86. The van der Waals surface area contributed by atoms with E-state index in [0.29, 0.717) is 24.6 Å². The molecule has 1 N–H and O–H groups in total. The van der Waals surface area contributed by atoms with E-state index in [2.05, 4.69) is 12.1 Å². The number of nitrogens with zero attached hydrogens (tertiary/aromatic N) is 1. The summed E-state index contributed by atoms with van der Waals surface area (Å²) in [6.45, 7) is 1.28. The highest BCUT2D eigenvalue weighted by Crippen LogP contribution is 2.39. The van der Waals surface area contributed by atoms with Crippen LogP contribution < -0.4 is 9.47 Å². The van der Waals surface area contributed by atoms with E-state index in [1.54, 1.807) is 14.2 Å². The van der Waals surface area contributed by atoms with Crippen LogP contribution in [0.15, 0.2) is 42.5 Å². The normalized spacial score (nSPS) is 17.2. The van der Waals surface area contributed by atoms with Gasteiger partial charge in [-0.15, -0.1) is 0 Å². The molecule has 1 aliphatic rings. The number of hydrogen-bond donors (Lipinski definition) is 1. The van der Waals surface area contributed by atoms with Crippen LogP contribution in [0.2, 0.25) is 0 Å². The zero-order chi connectivity index (χ0) is 17.1. The molecule has 1 atom stereocenters. The number of carboxylic acid groups (broad SMARTS) is 1. The maximum Gasteiger partial charge on any atom is 0.317 e. The van der Waals surface area contributed by atoms with Gasteiger partial charge in [0.05, 0.1) is 20.8 Å². The lowest BCUT2D eigenvalue weighted by atomic mass is 9.84. The quantitative estimate of drug-likeness (QED) is 0.915. The monoisotopic (exact) mass is 327 g/mol. The zero-order valence-electron chi connectivity index (χ0n) is 13.9. The lowest BCUT2D eigenvalue weighted by Crippen LogP contribution is -2.37. The Bertz CT molecular complexity index is 730. The molecule has 5 nitrogen and oxygen atoms in total. The van der Waals surface area contributed by atoms with Gasteiger partial charge in [-0.3, -0.25) is 9.69 Å². The zero-order valence-corrected chi connectivity index (χ0v) is 13.9. The van der Waals surface area contributed by atoms with Crippen molar-refractivity contribution < 1.29 is 19.4 Å². The molecule has 0 radical (unpaired) electrons. The summed E-state index contributed by atoms with van der Waals surface area (Å²) in [6, 6.07) is 14.1. The van der Waals surface area contributed by atoms with Crippen molar-refractivity contribution in [1.82, 2.24) is 4.90 Å². The van der Waals surface area contributed by atoms with Crippen molar-refractivity contribution in [3.63, 3.8) is 0 Å². The van der Waals surface area contributed by atoms with Crippen LogP contribution in [0.1, 0.15) is 22.6 Å². The average molecular weight is 327 g/mol. The van der Waals surface area contributed by atoms with E-state index in [0.717, 1.165) is 5.56 Å². The fourth-order valence-electron chi connectivity index (χ4n) is 3.34. The Balaban J connectivity index is 2.07. The Hall–Kier alpha value is -2.53. The first kappa shape index (κ1) is 16.3. The van der Waals surface area contributed by atoms with Gasteiger partial charge in [-0.25, -0.2) is 0 Å². The number of ether oxygens (including phenoxy) is 2. The number of rotatable bonds is 5. The molecule has 0 fully saturated rings. The van der Waals surface area contributed by atoms with Gasteiger partial charge in [-0.2, -0.15) is 0 Å². The van der Waals surface area contributed by atoms with Crippen molar-refractivity contribution in [3.05, 3.63) is 59.2 Å². The van der Waals surface area contributed by atoms with Gasteiger partial charge in [0.2, 0.25) is 0 Å². The molecule has 5 heteroatoms. The van der Waals surface area contributed by atoms with Gasteiger partial charge in [-0.1, -0.05) is 30.3 Å². The third-order valence-electron chi connectivity index (χ3n) is 4.42. The molecule has 126 valence electrons. The summed E-state index contributed by atoms with van der Waals surface area (Å²) in [5, 5.41) is 9.17. The fraction of sp³-hybridized carbons (Fsp3) is 0.316. The number of carbonyl (C=O) groups is 1. The number of fused-ring (bicyclic) bond motifs is 1. The van der Waals surface area contributed by atoms with E-state index in [9.17, 15) is 4.79 Å². The van der Waals surface area contributed by atoms with Crippen LogP contribution in [0.5, 0.6) is 11.5 Å². The van der Waals surface area contributed by atoms with E-state index in [-0.39, 0.29) is 12.5 Å². The van der Waals surface area contributed by atoms with Gasteiger partial charge >= 0.3 is 5.97 Å². The molecule has 1 aliphatic heterocycles. The van der Waals surface area contributed by atoms with Gasteiger partial charge in [0.1, 0.15) is 0 Å². The molecular weight excluding hydrogens is 306 g/mol. The highest BCUT2D eigenvalue weighted by Gasteiger charge is 2.29. The van der Waals surface area contributed by atoms with Gasteiger partial charge in [0, 0.05) is 19.0 Å². The molecule has 0 saturated heterocycles. The first-order chi connectivity index (χ1) is 11.6. The summed E-state index contributed by atoms with van der Waals surface area (Å²) >= 11 is 0. The van der Waals surface area contributed by atoms with Crippen molar-refractivity contribution in [3.8, 4) is 11.5 Å². The topological polar surface area (TPSA) is 59.0 Å².